The van der Waals surface area contributed by atoms with Crippen LogP contribution in [0.2, 0.25) is 0 Å². The number of aromatic nitrogens is 2. The maximum Gasteiger partial charge on any atom is 0.328 e. The quantitative estimate of drug-likeness (QED) is 0.627. The Hall–Kier alpha value is -2.06. The predicted octanol–water partition coefficient (Wildman–Crippen LogP) is 1.37. The third kappa shape index (κ3) is 2.12. The molecular formula is C7H7F2N3O4. The van der Waals surface area contributed by atoms with Gasteiger partial charge in [-0.1, -0.05) is 0 Å². The number of carboxylic acids is 1. The normalized spacial score (nSPS) is 12.8. The Bertz CT molecular complexity index is 431. The molecule has 1 heterocycles. The van der Waals surface area contributed by atoms with Crippen molar-refractivity contribution in [3.63, 3.8) is 0 Å². The van der Waals surface area contributed by atoms with Crippen molar-refractivity contribution in [2.24, 2.45) is 0 Å². The van der Waals surface area contributed by atoms with Crippen LogP contribution in [-0.4, -0.2) is 25.8 Å². The zero-order chi connectivity index (χ0) is 12.5. The third-order valence-electron chi connectivity index (χ3n) is 1.90. The zero-order valence-electron chi connectivity index (χ0n) is 8.00. The van der Waals surface area contributed by atoms with Gasteiger partial charge in [0.2, 0.25) is 5.69 Å². The summed E-state index contributed by atoms with van der Waals surface area (Å²) in [6, 6.07) is -1.24. The fourth-order valence-electron chi connectivity index (χ4n) is 1.00. The van der Waals surface area contributed by atoms with Gasteiger partial charge in [-0.05, 0) is 6.92 Å². The summed E-state index contributed by atoms with van der Waals surface area (Å²) < 4.78 is 25.3. The first kappa shape index (κ1) is 12.0. The van der Waals surface area contributed by atoms with E-state index in [1.54, 1.807) is 0 Å². The maximum absolute atomic E-state index is 12.3. The van der Waals surface area contributed by atoms with Crippen molar-refractivity contribution in [3.8, 4) is 0 Å². The van der Waals surface area contributed by atoms with E-state index in [1.807, 2.05) is 0 Å². The molecule has 1 atom stereocenters. The molecule has 1 aromatic heterocycles. The van der Waals surface area contributed by atoms with Crippen LogP contribution < -0.4 is 0 Å². The summed E-state index contributed by atoms with van der Waals surface area (Å²) in [7, 11) is 0. The van der Waals surface area contributed by atoms with Gasteiger partial charge in [0.25, 0.3) is 6.43 Å². The minimum Gasteiger partial charge on any atom is -0.480 e. The molecule has 0 saturated carbocycles. The van der Waals surface area contributed by atoms with Crippen molar-refractivity contribution in [1.29, 1.82) is 0 Å². The molecule has 0 amide bonds. The second kappa shape index (κ2) is 4.21. The van der Waals surface area contributed by atoms with Crippen molar-refractivity contribution in [2.45, 2.75) is 19.4 Å². The van der Waals surface area contributed by atoms with E-state index in [2.05, 4.69) is 5.10 Å². The Morgan fingerprint density at radius 3 is 2.56 bits per heavy atom. The standard InChI is InChI=1S/C7H7F2N3O4/c1-3(7(13)14)11-2-4(12(15)16)5(10-11)6(8)9/h2-3,6H,1H3,(H,13,14)/t3-/m1/s1. The highest BCUT2D eigenvalue weighted by atomic mass is 19.3. The lowest BCUT2D eigenvalue weighted by Gasteiger charge is -2.04. The molecule has 1 N–H and O–H groups in total. The van der Waals surface area contributed by atoms with E-state index in [0.717, 1.165) is 0 Å². The molecule has 0 unspecified atom stereocenters. The van der Waals surface area contributed by atoms with Crippen molar-refractivity contribution in [1.82, 2.24) is 9.78 Å². The molecule has 1 aromatic rings. The van der Waals surface area contributed by atoms with Gasteiger partial charge in [0.05, 0.1) is 4.92 Å². The molecule has 0 radical (unpaired) electrons. The maximum atomic E-state index is 12.3. The summed E-state index contributed by atoms with van der Waals surface area (Å²) >= 11 is 0. The fraction of sp³-hybridized carbons (Fsp3) is 0.429. The SMILES string of the molecule is C[C@H](C(=O)O)n1cc([N+](=O)[O-])c(C(F)F)n1. The smallest absolute Gasteiger partial charge is 0.328 e. The van der Waals surface area contributed by atoms with E-state index in [1.165, 1.54) is 6.92 Å². The molecule has 7 nitrogen and oxygen atoms in total. The number of carboxylic acid groups (broad SMARTS) is 1. The van der Waals surface area contributed by atoms with Gasteiger partial charge in [0.1, 0.15) is 12.2 Å². The number of hydrogen-bond acceptors (Lipinski definition) is 4. The molecular weight excluding hydrogens is 228 g/mol. The van der Waals surface area contributed by atoms with Crippen LogP contribution in [0.1, 0.15) is 25.1 Å². The predicted molar refractivity (Wildman–Crippen MR) is 46.2 cm³/mol. The number of aliphatic carboxylic acids is 1. The molecule has 0 aliphatic carbocycles. The Morgan fingerprint density at radius 2 is 2.25 bits per heavy atom. The fourth-order valence-corrected chi connectivity index (χ4v) is 1.00. The van der Waals surface area contributed by atoms with E-state index < -0.39 is 34.7 Å². The molecule has 0 saturated heterocycles. The zero-order valence-corrected chi connectivity index (χ0v) is 8.00. The molecule has 0 aromatic carbocycles. The highest BCUT2D eigenvalue weighted by molar-refractivity contribution is 5.71. The second-order valence-electron chi connectivity index (χ2n) is 2.95. The molecule has 0 fully saturated rings. The van der Waals surface area contributed by atoms with E-state index in [9.17, 15) is 23.7 Å². The lowest BCUT2D eigenvalue weighted by Crippen LogP contribution is -2.16. The molecule has 0 aliphatic heterocycles. The minimum absolute atomic E-state index is 0.627. The van der Waals surface area contributed by atoms with E-state index >= 15 is 0 Å². The summed E-state index contributed by atoms with van der Waals surface area (Å²) in [5, 5.41) is 22.2. The number of rotatable bonds is 4. The van der Waals surface area contributed by atoms with E-state index in [0.29, 0.717) is 10.9 Å². The summed E-state index contributed by atoms with van der Waals surface area (Å²) in [6.07, 6.45) is -2.44. The topological polar surface area (TPSA) is 98.3 Å². The molecule has 0 bridgehead atoms. The van der Waals surface area contributed by atoms with Crippen LogP contribution in [0.3, 0.4) is 0 Å². The second-order valence-corrected chi connectivity index (χ2v) is 2.95. The highest BCUT2D eigenvalue weighted by Gasteiger charge is 2.29. The van der Waals surface area contributed by atoms with Crippen LogP contribution in [0.4, 0.5) is 14.5 Å². The average molecular weight is 235 g/mol. The number of nitrogens with zero attached hydrogens (tertiary/aromatic N) is 3. The monoisotopic (exact) mass is 235 g/mol. The summed E-state index contributed by atoms with van der Waals surface area (Å²) in [6.45, 7) is 1.17. The number of nitro groups is 1. The van der Waals surface area contributed by atoms with Crippen LogP contribution in [0.15, 0.2) is 6.20 Å². The summed E-state index contributed by atoms with van der Waals surface area (Å²) in [4.78, 5) is 19.9. The van der Waals surface area contributed by atoms with Gasteiger partial charge in [-0.2, -0.15) is 5.10 Å². The summed E-state index contributed by atoms with van der Waals surface area (Å²) in [5.74, 6) is -1.32. The van der Waals surface area contributed by atoms with Gasteiger partial charge >= 0.3 is 11.7 Å². The van der Waals surface area contributed by atoms with E-state index in [-0.39, 0.29) is 0 Å². The molecule has 0 aliphatic rings. The molecule has 9 heteroatoms. The van der Waals surface area contributed by atoms with Crippen molar-refractivity contribution in [2.75, 3.05) is 0 Å². The first-order chi connectivity index (χ1) is 7.34. The largest absolute Gasteiger partial charge is 0.480 e. The number of alkyl halides is 2. The van der Waals surface area contributed by atoms with Gasteiger partial charge in [-0.15, -0.1) is 0 Å². The first-order valence-electron chi connectivity index (χ1n) is 4.09. The van der Waals surface area contributed by atoms with Gasteiger partial charge in [-0.3, -0.25) is 14.8 Å². The third-order valence-corrected chi connectivity index (χ3v) is 1.90. The average Bonchev–Trinajstić information content (AvgIpc) is 2.60. The van der Waals surface area contributed by atoms with Gasteiger partial charge in [0.15, 0.2) is 0 Å². The molecule has 16 heavy (non-hydrogen) atoms. The lowest BCUT2D eigenvalue weighted by molar-refractivity contribution is -0.386. The van der Waals surface area contributed by atoms with Gasteiger partial charge in [0, 0.05) is 0 Å². The Balaban J connectivity index is 3.21. The van der Waals surface area contributed by atoms with Crippen molar-refractivity contribution < 1.29 is 23.6 Å². The van der Waals surface area contributed by atoms with Crippen LogP contribution in [0, 0.1) is 10.1 Å². The lowest BCUT2D eigenvalue weighted by atomic mass is 10.3. The minimum atomic E-state index is -3.12. The van der Waals surface area contributed by atoms with Crippen LogP contribution in [-0.2, 0) is 4.79 Å². The van der Waals surface area contributed by atoms with Crippen LogP contribution >= 0.6 is 0 Å². The molecule has 1 rings (SSSR count). The summed E-state index contributed by atoms with van der Waals surface area (Å²) in [5.41, 5.74) is -1.92. The van der Waals surface area contributed by atoms with Gasteiger partial charge < -0.3 is 5.11 Å². The highest BCUT2D eigenvalue weighted by Crippen LogP contribution is 2.28. The Labute approximate surface area is 87.4 Å². The van der Waals surface area contributed by atoms with Crippen molar-refractivity contribution >= 4 is 11.7 Å². The Kier molecular flexibility index (Phi) is 3.16. The Morgan fingerprint density at radius 1 is 1.69 bits per heavy atom. The number of carbonyl (C=O) groups is 1. The van der Waals surface area contributed by atoms with Gasteiger partial charge in [-0.25, -0.2) is 13.6 Å². The van der Waals surface area contributed by atoms with E-state index in [4.69, 9.17) is 5.11 Å². The number of halogens is 2. The molecule has 0 spiro atoms. The van der Waals surface area contributed by atoms with Crippen molar-refractivity contribution in [3.05, 3.63) is 22.0 Å². The van der Waals surface area contributed by atoms with Crippen LogP contribution in [0.25, 0.3) is 0 Å². The first-order valence-corrected chi connectivity index (χ1v) is 4.09. The number of hydrogen-bond donors (Lipinski definition) is 1. The van der Waals surface area contributed by atoms with Crippen LogP contribution in [0.5, 0.6) is 0 Å². The molecule has 88 valence electrons.